The van der Waals surface area contributed by atoms with Crippen LogP contribution in [0.2, 0.25) is 0 Å². The molecule has 0 radical (unpaired) electrons. The molecule has 0 unspecified atom stereocenters. The zero-order valence-electron chi connectivity index (χ0n) is 16.2. The van der Waals surface area contributed by atoms with Gasteiger partial charge >= 0.3 is 0 Å². The van der Waals surface area contributed by atoms with Crippen LogP contribution >= 0.6 is 11.8 Å². The number of hydrogen-bond acceptors (Lipinski definition) is 5. The molecule has 0 aliphatic carbocycles. The highest BCUT2D eigenvalue weighted by Gasteiger charge is 2.37. The van der Waals surface area contributed by atoms with Crippen LogP contribution in [0.5, 0.6) is 5.75 Å². The van der Waals surface area contributed by atoms with Crippen molar-refractivity contribution >= 4 is 34.9 Å². The first-order chi connectivity index (χ1) is 13.6. The Morgan fingerprint density at radius 1 is 1.14 bits per heavy atom. The Morgan fingerprint density at radius 2 is 1.86 bits per heavy atom. The minimum atomic E-state index is -0.399. The van der Waals surface area contributed by atoms with Crippen molar-refractivity contribution in [3.63, 3.8) is 0 Å². The zero-order valence-corrected chi connectivity index (χ0v) is 17.0. The van der Waals surface area contributed by atoms with Gasteiger partial charge in [0.1, 0.15) is 12.3 Å². The second-order valence-electron chi connectivity index (χ2n) is 6.98. The Morgan fingerprint density at radius 3 is 2.54 bits per heavy atom. The Balaban J connectivity index is 1.61. The van der Waals surface area contributed by atoms with Gasteiger partial charge in [0.05, 0.1) is 11.5 Å². The van der Waals surface area contributed by atoms with Crippen LogP contribution in [0.4, 0.5) is 4.79 Å². The van der Waals surface area contributed by atoms with E-state index in [0.29, 0.717) is 24.6 Å². The lowest BCUT2D eigenvalue weighted by atomic mass is 10.1. The van der Waals surface area contributed by atoms with Gasteiger partial charge in [0.15, 0.2) is 0 Å². The van der Waals surface area contributed by atoms with Gasteiger partial charge in [-0.1, -0.05) is 25.5 Å². The van der Waals surface area contributed by atoms with E-state index in [1.165, 1.54) is 0 Å². The number of imide groups is 1. The van der Waals surface area contributed by atoms with Gasteiger partial charge < -0.3 is 9.64 Å². The van der Waals surface area contributed by atoms with Crippen LogP contribution in [0.1, 0.15) is 44.6 Å². The van der Waals surface area contributed by atoms with E-state index in [2.05, 4.69) is 6.92 Å². The van der Waals surface area contributed by atoms with Gasteiger partial charge in [0.2, 0.25) is 5.91 Å². The van der Waals surface area contributed by atoms with E-state index in [1.54, 1.807) is 11.0 Å². The lowest BCUT2D eigenvalue weighted by Crippen LogP contribution is -2.44. The van der Waals surface area contributed by atoms with E-state index in [4.69, 9.17) is 4.74 Å². The molecule has 2 aliphatic rings. The van der Waals surface area contributed by atoms with Crippen molar-refractivity contribution in [3.8, 4) is 5.75 Å². The summed E-state index contributed by atoms with van der Waals surface area (Å²) in [5.74, 6) is 0.228. The summed E-state index contributed by atoms with van der Waals surface area (Å²) >= 11 is 0.883. The molecule has 1 aromatic rings. The summed E-state index contributed by atoms with van der Waals surface area (Å²) in [7, 11) is 0. The maximum atomic E-state index is 12.6. The van der Waals surface area contributed by atoms with Gasteiger partial charge in [-0.3, -0.25) is 19.3 Å². The fraction of sp³-hybridized carbons (Fsp3) is 0.476. The molecular weight excluding hydrogens is 376 g/mol. The number of rotatable bonds is 7. The molecule has 2 fully saturated rings. The van der Waals surface area contributed by atoms with E-state index in [0.717, 1.165) is 60.1 Å². The van der Waals surface area contributed by atoms with Crippen molar-refractivity contribution in [2.45, 2.75) is 39.0 Å². The molecule has 2 saturated heterocycles. The summed E-state index contributed by atoms with van der Waals surface area (Å²) in [6.07, 6.45) is 6.85. The summed E-state index contributed by atoms with van der Waals surface area (Å²) in [6.45, 7) is 4.03. The molecule has 3 amide bonds. The largest absolute Gasteiger partial charge is 0.494 e. The third-order valence-corrected chi connectivity index (χ3v) is 5.73. The van der Waals surface area contributed by atoms with E-state index in [9.17, 15) is 14.4 Å². The molecule has 0 atom stereocenters. The third-order valence-electron chi connectivity index (χ3n) is 4.82. The van der Waals surface area contributed by atoms with Gasteiger partial charge in [-0.2, -0.15) is 0 Å². The van der Waals surface area contributed by atoms with E-state index in [-0.39, 0.29) is 17.7 Å². The molecule has 28 heavy (non-hydrogen) atoms. The number of amides is 3. The monoisotopic (exact) mass is 402 g/mol. The summed E-state index contributed by atoms with van der Waals surface area (Å²) < 4.78 is 5.63. The minimum absolute atomic E-state index is 0.156. The number of carbonyl (C=O) groups excluding carboxylic acids is 3. The smallest absolute Gasteiger partial charge is 0.294 e. The lowest BCUT2D eigenvalue weighted by molar-refractivity contribution is -0.136. The highest BCUT2D eigenvalue weighted by Crippen LogP contribution is 2.32. The first kappa shape index (κ1) is 20.5. The number of hydrogen-bond donors (Lipinski definition) is 0. The van der Waals surface area contributed by atoms with Crippen LogP contribution in [0.3, 0.4) is 0 Å². The molecule has 6 nitrogen and oxygen atoms in total. The predicted molar refractivity (Wildman–Crippen MR) is 110 cm³/mol. The van der Waals surface area contributed by atoms with Crippen LogP contribution in [0.25, 0.3) is 6.08 Å². The van der Waals surface area contributed by atoms with E-state index < -0.39 is 5.91 Å². The van der Waals surface area contributed by atoms with Crippen LogP contribution in [0, 0.1) is 0 Å². The first-order valence-corrected chi connectivity index (χ1v) is 10.7. The van der Waals surface area contributed by atoms with E-state index >= 15 is 0 Å². The molecule has 0 bridgehead atoms. The van der Waals surface area contributed by atoms with Gasteiger partial charge in [0.25, 0.3) is 11.1 Å². The molecule has 150 valence electrons. The number of likely N-dealkylation sites (tertiary alicyclic amines) is 1. The van der Waals surface area contributed by atoms with Crippen molar-refractivity contribution in [2.24, 2.45) is 0 Å². The second kappa shape index (κ2) is 9.78. The Hall–Kier alpha value is -2.28. The number of ether oxygens (including phenoxy) is 1. The van der Waals surface area contributed by atoms with Gasteiger partial charge in [-0.05, 0) is 61.2 Å². The SMILES string of the molecule is CCCCOc1ccc(/C=C2\SC(=O)N(CC(=O)N3CCCCC3)C2=O)cc1. The first-order valence-electron chi connectivity index (χ1n) is 9.84. The molecule has 7 heteroatoms. The average molecular weight is 403 g/mol. The zero-order chi connectivity index (χ0) is 19.9. The van der Waals surface area contributed by atoms with Crippen molar-refractivity contribution in [2.75, 3.05) is 26.2 Å². The van der Waals surface area contributed by atoms with Crippen molar-refractivity contribution in [1.82, 2.24) is 9.80 Å². The Bertz CT molecular complexity index is 754. The number of nitrogens with zero attached hydrogens (tertiary/aromatic N) is 2. The van der Waals surface area contributed by atoms with Crippen molar-refractivity contribution in [1.29, 1.82) is 0 Å². The summed E-state index contributed by atoms with van der Waals surface area (Å²) in [4.78, 5) is 40.4. The van der Waals surface area contributed by atoms with Gasteiger partial charge in [0, 0.05) is 13.1 Å². The minimum Gasteiger partial charge on any atom is -0.494 e. The van der Waals surface area contributed by atoms with Gasteiger partial charge in [-0.25, -0.2) is 0 Å². The molecular formula is C21H26N2O4S. The van der Waals surface area contributed by atoms with E-state index in [1.807, 2.05) is 24.3 Å². The molecule has 0 N–H and O–H groups in total. The molecule has 0 aromatic heterocycles. The third kappa shape index (κ3) is 5.16. The molecule has 3 rings (SSSR count). The predicted octanol–water partition coefficient (Wildman–Crippen LogP) is 3.91. The second-order valence-corrected chi connectivity index (χ2v) is 7.97. The topological polar surface area (TPSA) is 66.9 Å². The number of thioether (sulfide) groups is 1. The normalized spacial score (nSPS) is 18.8. The molecule has 1 aromatic carbocycles. The lowest BCUT2D eigenvalue weighted by Gasteiger charge is -2.27. The summed E-state index contributed by atoms with van der Waals surface area (Å²) in [5.41, 5.74) is 0.815. The van der Waals surface area contributed by atoms with Crippen LogP contribution < -0.4 is 4.74 Å². The Kier molecular flexibility index (Phi) is 7.14. The molecule has 0 spiro atoms. The Labute approximate surface area is 169 Å². The maximum Gasteiger partial charge on any atom is 0.294 e. The molecule has 2 aliphatic heterocycles. The summed E-state index contributed by atoms with van der Waals surface area (Å²) in [6, 6.07) is 7.42. The fourth-order valence-corrected chi connectivity index (χ4v) is 4.00. The van der Waals surface area contributed by atoms with Crippen molar-refractivity contribution in [3.05, 3.63) is 34.7 Å². The molecule has 0 saturated carbocycles. The van der Waals surface area contributed by atoms with Crippen LogP contribution in [0.15, 0.2) is 29.2 Å². The van der Waals surface area contributed by atoms with Gasteiger partial charge in [-0.15, -0.1) is 0 Å². The number of carbonyl (C=O) groups is 3. The van der Waals surface area contributed by atoms with Crippen LogP contribution in [-0.4, -0.2) is 53.1 Å². The number of unbranched alkanes of at least 4 members (excludes halogenated alkanes) is 1. The summed E-state index contributed by atoms with van der Waals surface area (Å²) in [5, 5.41) is -0.388. The standard InChI is InChI=1S/C21H26N2O4S/c1-2-3-13-27-17-9-7-16(8-10-17)14-18-20(25)23(21(26)28-18)15-19(24)22-11-5-4-6-12-22/h7-10,14H,2-6,11-13,15H2,1H3/b18-14-. The highest BCUT2D eigenvalue weighted by molar-refractivity contribution is 8.18. The highest BCUT2D eigenvalue weighted by atomic mass is 32.2. The van der Waals surface area contributed by atoms with Crippen molar-refractivity contribution < 1.29 is 19.1 Å². The number of piperidine rings is 1. The molecule has 2 heterocycles. The van der Waals surface area contributed by atoms with Crippen LogP contribution in [-0.2, 0) is 9.59 Å². The quantitative estimate of drug-likeness (QED) is 0.511. The number of benzene rings is 1. The fourth-order valence-electron chi connectivity index (χ4n) is 3.16. The average Bonchev–Trinajstić information content (AvgIpc) is 2.97. The maximum absolute atomic E-state index is 12.6.